The minimum absolute atomic E-state index is 0.143. The first kappa shape index (κ1) is 10.2. The highest BCUT2D eigenvalue weighted by Gasteiger charge is 2.35. The van der Waals surface area contributed by atoms with Crippen LogP contribution in [0.1, 0.15) is 24.8 Å². The van der Waals surface area contributed by atoms with Crippen molar-refractivity contribution in [2.24, 2.45) is 5.41 Å². The fourth-order valence-corrected chi connectivity index (χ4v) is 2.83. The van der Waals surface area contributed by atoms with Crippen LogP contribution in [0, 0.1) is 11.2 Å². The van der Waals surface area contributed by atoms with Crippen LogP contribution >= 0.6 is 15.9 Å². The van der Waals surface area contributed by atoms with E-state index in [1.165, 1.54) is 24.8 Å². The predicted molar refractivity (Wildman–Crippen MR) is 60.2 cm³/mol. The molecule has 0 spiro atoms. The van der Waals surface area contributed by atoms with E-state index in [0.29, 0.717) is 5.41 Å². The fourth-order valence-electron chi connectivity index (χ4n) is 2.07. The second kappa shape index (κ2) is 4.01. The lowest BCUT2D eigenvalue weighted by Crippen LogP contribution is -2.33. The molecule has 2 heteroatoms. The number of benzene rings is 1. The molecule has 1 aliphatic rings. The molecule has 0 radical (unpaired) electrons. The van der Waals surface area contributed by atoms with Gasteiger partial charge < -0.3 is 0 Å². The lowest BCUT2D eigenvalue weighted by Gasteiger charge is -2.40. The smallest absolute Gasteiger partial charge is 0.123 e. The van der Waals surface area contributed by atoms with Crippen molar-refractivity contribution in [3.8, 4) is 0 Å². The van der Waals surface area contributed by atoms with Crippen LogP contribution in [0.25, 0.3) is 0 Å². The average Bonchev–Trinajstić information content (AvgIpc) is 2.15. The number of hydrogen-bond acceptors (Lipinski definition) is 0. The molecule has 0 aliphatic heterocycles. The molecule has 1 aromatic carbocycles. The SMILES string of the molecule is Fc1ccc(CC2(CBr)CCC2)cc1. The molecule has 0 heterocycles. The fraction of sp³-hybridized carbons (Fsp3) is 0.500. The Morgan fingerprint density at radius 2 is 1.86 bits per heavy atom. The summed E-state index contributed by atoms with van der Waals surface area (Å²) in [6.07, 6.45) is 5.02. The van der Waals surface area contributed by atoms with Gasteiger partial charge in [-0.2, -0.15) is 0 Å². The summed E-state index contributed by atoms with van der Waals surface area (Å²) in [4.78, 5) is 0. The molecule has 0 nitrogen and oxygen atoms in total. The van der Waals surface area contributed by atoms with Crippen LogP contribution < -0.4 is 0 Å². The van der Waals surface area contributed by atoms with Crippen LogP contribution in [0.3, 0.4) is 0 Å². The van der Waals surface area contributed by atoms with Crippen LogP contribution in [0.2, 0.25) is 0 Å². The molecule has 0 saturated heterocycles. The molecular weight excluding hydrogens is 243 g/mol. The zero-order valence-corrected chi connectivity index (χ0v) is 9.69. The van der Waals surface area contributed by atoms with E-state index in [4.69, 9.17) is 0 Å². The third-order valence-corrected chi connectivity index (χ3v) is 4.38. The summed E-state index contributed by atoms with van der Waals surface area (Å²) in [5.74, 6) is -0.143. The maximum absolute atomic E-state index is 12.7. The third-order valence-electron chi connectivity index (χ3n) is 3.19. The summed E-state index contributed by atoms with van der Waals surface area (Å²) >= 11 is 3.58. The van der Waals surface area contributed by atoms with Crippen molar-refractivity contribution in [3.05, 3.63) is 35.6 Å². The van der Waals surface area contributed by atoms with Crippen LogP contribution in [0.5, 0.6) is 0 Å². The van der Waals surface area contributed by atoms with Crippen molar-refractivity contribution in [2.45, 2.75) is 25.7 Å². The topological polar surface area (TPSA) is 0 Å². The molecule has 0 aromatic heterocycles. The molecule has 1 aromatic rings. The van der Waals surface area contributed by atoms with Gasteiger partial charge in [0, 0.05) is 5.33 Å². The van der Waals surface area contributed by atoms with Gasteiger partial charge in [-0.05, 0) is 42.4 Å². The highest BCUT2D eigenvalue weighted by molar-refractivity contribution is 9.09. The molecule has 0 atom stereocenters. The standard InChI is InChI=1S/C12H14BrF/c13-9-12(6-1-7-12)8-10-2-4-11(14)5-3-10/h2-5H,1,6-9H2. The second-order valence-corrected chi connectivity index (χ2v) is 4.85. The minimum Gasteiger partial charge on any atom is -0.207 e. The van der Waals surface area contributed by atoms with Gasteiger partial charge in [0.05, 0.1) is 0 Å². The summed E-state index contributed by atoms with van der Waals surface area (Å²) < 4.78 is 12.7. The Kier molecular flexibility index (Phi) is 2.91. The maximum Gasteiger partial charge on any atom is 0.123 e. The summed E-state index contributed by atoms with van der Waals surface area (Å²) in [5, 5.41) is 1.07. The average molecular weight is 257 g/mol. The van der Waals surface area contributed by atoms with Gasteiger partial charge in [0.2, 0.25) is 0 Å². The van der Waals surface area contributed by atoms with E-state index >= 15 is 0 Å². The van der Waals surface area contributed by atoms with Crippen molar-refractivity contribution in [2.75, 3.05) is 5.33 Å². The first-order valence-corrected chi connectivity index (χ1v) is 6.17. The van der Waals surface area contributed by atoms with Gasteiger partial charge in [-0.1, -0.05) is 34.5 Å². The molecule has 1 saturated carbocycles. The van der Waals surface area contributed by atoms with Gasteiger partial charge in [-0.15, -0.1) is 0 Å². The van der Waals surface area contributed by atoms with Gasteiger partial charge in [-0.25, -0.2) is 4.39 Å². The molecule has 1 fully saturated rings. The Morgan fingerprint density at radius 1 is 1.21 bits per heavy atom. The number of halogens is 2. The van der Waals surface area contributed by atoms with Gasteiger partial charge >= 0.3 is 0 Å². The van der Waals surface area contributed by atoms with Crippen molar-refractivity contribution >= 4 is 15.9 Å². The lowest BCUT2D eigenvalue weighted by molar-refractivity contribution is 0.170. The zero-order valence-electron chi connectivity index (χ0n) is 8.10. The molecule has 0 amide bonds. The van der Waals surface area contributed by atoms with E-state index in [0.717, 1.165) is 11.8 Å². The van der Waals surface area contributed by atoms with Gasteiger partial charge in [0.25, 0.3) is 0 Å². The molecule has 76 valence electrons. The van der Waals surface area contributed by atoms with Crippen molar-refractivity contribution in [1.82, 2.24) is 0 Å². The van der Waals surface area contributed by atoms with E-state index in [2.05, 4.69) is 15.9 Å². The highest BCUT2D eigenvalue weighted by Crippen LogP contribution is 2.44. The first-order valence-electron chi connectivity index (χ1n) is 5.05. The second-order valence-electron chi connectivity index (χ2n) is 4.29. The molecule has 0 bridgehead atoms. The van der Waals surface area contributed by atoms with Crippen LogP contribution in [-0.2, 0) is 6.42 Å². The van der Waals surface area contributed by atoms with Crippen molar-refractivity contribution in [3.63, 3.8) is 0 Å². The van der Waals surface area contributed by atoms with Crippen LogP contribution in [0.4, 0.5) is 4.39 Å². The number of hydrogen-bond donors (Lipinski definition) is 0. The largest absolute Gasteiger partial charge is 0.207 e. The zero-order chi connectivity index (χ0) is 10.0. The van der Waals surface area contributed by atoms with E-state index in [9.17, 15) is 4.39 Å². The number of alkyl halides is 1. The Morgan fingerprint density at radius 3 is 2.29 bits per heavy atom. The predicted octanol–water partition coefficient (Wildman–Crippen LogP) is 3.93. The van der Waals surface area contributed by atoms with Crippen molar-refractivity contribution in [1.29, 1.82) is 0 Å². The minimum atomic E-state index is -0.143. The summed E-state index contributed by atoms with van der Waals surface area (Å²) in [6.45, 7) is 0. The third kappa shape index (κ3) is 2.00. The lowest BCUT2D eigenvalue weighted by atomic mass is 9.67. The van der Waals surface area contributed by atoms with Crippen LogP contribution in [0.15, 0.2) is 24.3 Å². The van der Waals surface area contributed by atoms with Gasteiger partial charge in [0.1, 0.15) is 5.82 Å². The van der Waals surface area contributed by atoms with Gasteiger partial charge in [0.15, 0.2) is 0 Å². The Bertz CT molecular complexity index is 295. The molecule has 0 unspecified atom stereocenters. The van der Waals surface area contributed by atoms with E-state index in [1.54, 1.807) is 12.1 Å². The summed E-state index contributed by atoms with van der Waals surface area (Å²) in [7, 11) is 0. The van der Waals surface area contributed by atoms with Crippen molar-refractivity contribution < 1.29 is 4.39 Å². The van der Waals surface area contributed by atoms with Gasteiger partial charge in [-0.3, -0.25) is 0 Å². The quantitative estimate of drug-likeness (QED) is 0.719. The molecule has 14 heavy (non-hydrogen) atoms. The van der Waals surface area contributed by atoms with E-state index in [1.807, 2.05) is 12.1 Å². The Hall–Kier alpha value is -0.370. The molecule has 0 N–H and O–H groups in total. The molecule has 2 rings (SSSR count). The molecule has 1 aliphatic carbocycles. The highest BCUT2D eigenvalue weighted by atomic mass is 79.9. The summed E-state index contributed by atoms with van der Waals surface area (Å²) in [5.41, 5.74) is 1.71. The van der Waals surface area contributed by atoms with E-state index < -0.39 is 0 Å². The maximum atomic E-state index is 12.7. The normalized spacial score (nSPS) is 19.0. The van der Waals surface area contributed by atoms with E-state index in [-0.39, 0.29) is 5.82 Å². The Balaban J connectivity index is 2.06. The summed E-state index contributed by atoms with van der Waals surface area (Å²) in [6, 6.07) is 6.90. The first-order chi connectivity index (χ1) is 6.74. The number of rotatable bonds is 3. The monoisotopic (exact) mass is 256 g/mol. The molecular formula is C12H14BrF. The van der Waals surface area contributed by atoms with Crippen LogP contribution in [-0.4, -0.2) is 5.33 Å². The Labute approximate surface area is 92.6 Å².